The number of piperidine rings is 1. The van der Waals surface area contributed by atoms with Gasteiger partial charge in [-0.2, -0.15) is 0 Å². The smallest absolute Gasteiger partial charge is 0.155 e. The van der Waals surface area contributed by atoms with Gasteiger partial charge in [0, 0.05) is 35.9 Å². The molecule has 1 aromatic carbocycles. The van der Waals surface area contributed by atoms with Crippen molar-refractivity contribution in [2.45, 2.75) is 39.1 Å². The minimum atomic E-state index is -0.637. The highest BCUT2D eigenvalue weighted by atomic mass is 16.6. The van der Waals surface area contributed by atoms with Crippen molar-refractivity contribution in [1.82, 2.24) is 9.97 Å². The predicted octanol–water partition coefficient (Wildman–Crippen LogP) is 3.02. The Labute approximate surface area is 169 Å². The van der Waals surface area contributed by atoms with Crippen molar-refractivity contribution in [3.8, 4) is 11.3 Å². The van der Waals surface area contributed by atoms with Gasteiger partial charge in [-0.1, -0.05) is 12.1 Å². The molecule has 2 aliphatic heterocycles. The second kappa shape index (κ2) is 7.09. The van der Waals surface area contributed by atoms with Gasteiger partial charge >= 0.3 is 0 Å². The molecule has 29 heavy (non-hydrogen) atoms. The van der Waals surface area contributed by atoms with Gasteiger partial charge in [0.05, 0.1) is 30.9 Å². The zero-order valence-electron chi connectivity index (χ0n) is 16.5. The van der Waals surface area contributed by atoms with Gasteiger partial charge in [-0.05, 0) is 31.9 Å². The summed E-state index contributed by atoms with van der Waals surface area (Å²) in [6.45, 7) is 4.03. The molecule has 7 heteroatoms. The molecular weight excluding hydrogens is 370 g/mol. The van der Waals surface area contributed by atoms with Gasteiger partial charge in [-0.3, -0.25) is 0 Å². The molecule has 5 rings (SSSR count). The maximum atomic E-state index is 9.99. The Balaban J connectivity index is 1.43. The summed E-state index contributed by atoms with van der Waals surface area (Å²) in [5.74, 6) is 0.752. The SMILES string of the molecule is Cc1nc(N2CCC3(CC2)CO[C@@H](O)C3)c(CO)nc1-c1ccc2ccoc2c1. The molecule has 4 heterocycles. The quantitative estimate of drug-likeness (QED) is 0.704. The lowest BCUT2D eigenvalue weighted by atomic mass is 9.77. The Morgan fingerprint density at radius 2 is 2.03 bits per heavy atom. The van der Waals surface area contributed by atoms with Crippen LogP contribution >= 0.6 is 0 Å². The first-order chi connectivity index (χ1) is 14.1. The third-order valence-electron chi connectivity index (χ3n) is 6.31. The van der Waals surface area contributed by atoms with Crippen LogP contribution < -0.4 is 4.90 Å². The largest absolute Gasteiger partial charge is 0.464 e. The summed E-state index contributed by atoms with van der Waals surface area (Å²) in [6, 6.07) is 7.90. The molecule has 7 nitrogen and oxygen atoms in total. The van der Waals surface area contributed by atoms with Crippen molar-refractivity contribution >= 4 is 16.8 Å². The van der Waals surface area contributed by atoms with E-state index in [-0.39, 0.29) is 12.0 Å². The fourth-order valence-corrected chi connectivity index (χ4v) is 4.58. The Morgan fingerprint density at radius 3 is 2.76 bits per heavy atom. The molecule has 0 unspecified atom stereocenters. The van der Waals surface area contributed by atoms with Crippen LogP contribution in [0, 0.1) is 12.3 Å². The fourth-order valence-electron chi connectivity index (χ4n) is 4.58. The molecule has 2 saturated heterocycles. The molecule has 1 spiro atoms. The molecule has 2 aliphatic rings. The summed E-state index contributed by atoms with van der Waals surface area (Å²) in [4.78, 5) is 11.8. The summed E-state index contributed by atoms with van der Waals surface area (Å²) in [6.07, 6.45) is 3.61. The molecule has 2 N–H and O–H groups in total. The minimum Gasteiger partial charge on any atom is -0.464 e. The first kappa shape index (κ1) is 18.5. The second-order valence-corrected chi connectivity index (χ2v) is 8.22. The van der Waals surface area contributed by atoms with E-state index in [2.05, 4.69) is 4.90 Å². The van der Waals surface area contributed by atoms with E-state index in [1.54, 1.807) is 6.26 Å². The Kier molecular flexibility index (Phi) is 4.53. The van der Waals surface area contributed by atoms with E-state index in [0.29, 0.717) is 18.7 Å². The first-order valence-electron chi connectivity index (χ1n) is 10.1. The van der Waals surface area contributed by atoms with Crippen molar-refractivity contribution in [2.75, 3.05) is 24.6 Å². The number of hydrogen-bond acceptors (Lipinski definition) is 7. The number of aliphatic hydroxyl groups excluding tert-OH is 2. The van der Waals surface area contributed by atoms with Gasteiger partial charge in [0.1, 0.15) is 11.3 Å². The monoisotopic (exact) mass is 395 g/mol. The van der Waals surface area contributed by atoms with Crippen LogP contribution in [0.3, 0.4) is 0 Å². The van der Waals surface area contributed by atoms with Crippen LogP contribution in [-0.4, -0.2) is 46.2 Å². The van der Waals surface area contributed by atoms with Crippen molar-refractivity contribution in [3.63, 3.8) is 0 Å². The van der Waals surface area contributed by atoms with Gasteiger partial charge in [0.2, 0.25) is 0 Å². The highest BCUT2D eigenvalue weighted by Gasteiger charge is 2.42. The summed E-state index contributed by atoms with van der Waals surface area (Å²) in [5, 5.41) is 20.8. The number of rotatable bonds is 3. The van der Waals surface area contributed by atoms with E-state index in [1.807, 2.05) is 31.2 Å². The van der Waals surface area contributed by atoms with E-state index >= 15 is 0 Å². The topological polar surface area (TPSA) is 91.9 Å². The molecule has 0 saturated carbocycles. The summed E-state index contributed by atoms with van der Waals surface area (Å²) >= 11 is 0. The molecular formula is C22H25N3O4. The third kappa shape index (κ3) is 3.29. The summed E-state index contributed by atoms with van der Waals surface area (Å²) < 4.78 is 10.9. The molecule has 2 aromatic heterocycles. The minimum absolute atomic E-state index is 0.0656. The molecule has 3 aromatic rings. The highest BCUT2D eigenvalue weighted by molar-refractivity contribution is 5.82. The average Bonchev–Trinajstić information content (AvgIpc) is 3.34. The molecule has 0 bridgehead atoms. The molecule has 0 amide bonds. The van der Waals surface area contributed by atoms with Gasteiger partial charge < -0.3 is 24.3 Å². The average molecular weight is 395 g/mol. The van der Waals surface area contributed by atoms with E-state index < -0.39 is 6.29 Å². The number of aromatic nitrogens is 2. The standard InChI is InChI=1S/C22H25N3O4/c1-14-20(16-3-2-15-4-9-28-18(15)10-16)24-17(12-26)21(23-14)25-7-5-22(6-8-25)11-19(27)29-13-22/h2-4,9-10,19,26-27H,5-8,11-13H2,1H3/t19-/m1/s1. The molecule has 152 valence electrons. The van der Waals surface area contributed by atoms with Crippen molar-refractivity contribution in [1.29, 1.82) is 0 Å². The Hall–Kier alpha value is -2.48. The normalized spacial score (nSPS) is 21.3. The predicted molar refractivity (Wildman–Crippen MR) is 108 cm³/mol. The second-order valence-electron chi connectivity index (χ2n) is 8.22. The zero-order valence-corrected chi connectivity index (χ0v) is 16.5. The van der Waals surface area contributed by atoms with E-state index in [9.17, 15) is 10.2 Å². The van der Waals surface area contributed by atoms with Crippen LogP contribution in [-0.2, 0) is 11.3 Å². The van der Waals surface area contributed by atoms with E-state index in [4.69, 9.17) is 19.1 Å². The van der Waals surface area contributed by atoms with Crippen molar-refractivity contribution < 1.29 is 19.4 Å². The van der Waals surface area contributed by atoms with E-state index in [0.717, 1.165) is 59.7 Å². The van der Waals surface area contributed by atoms with E-state index in [1.165, 1.54) is 0 Å². The molecule has 1 atom stereocenters. The number of benzene rings is 1. The van der Waals surface area contributed by atoms with Crippen LogP contribution in [0.1, 0.15) is 30.7 Å². The summed E-state index contributed by atoms with van der Waals surface area (Å²) in [5.41, 5.74) is 3.97. The number of aliphatic hydroxyl groups is 2. The Morgan fingerprint density at radius 1 is 1.21 bits per heavy atom. The number of nitrogens with zero attached hydrogens (tertiary/aromatic N) is 3. The molecule has 0 radical (unpaired) electrons. The highest BCUT2D eigenvalue weighted by Crippen LogP contribution is 2.42. The fraction of sp³-hybridized carbons (Fsp3) is 0.455. The first-order valence-corrected chi connectivity index (χ1v) is 10.1. The summed E-state index contributed by atoms with van der Waals surface area (Å²) in [7, 11) is 0. The lowest BCUT2D eigenvalue weighted by Crippen LogP contribution is -2.41. The maximum Gasteiger partial charge on any atom is 0.155 e. The van der Waals surface area contributed by atoms with Gasteiger partial charge in [0.15, 0.2) is 12.1 Å². The van der Waals surface area contributed by atoms with Crippen LogP contribution in [0.4, 0.5) is 5.82 Å². The molecule has 0 aliphatic carbocycles. The number of anilines is 1. The van der Waals surface area contributed by atoms with Gasteiger partial charge in [-0.15, -0.1) is 0 Å². The number of aryl methyl sites for hydroxylation is 1. The molecule has 2 fully saturated rings. The number of fused-ring (bicyclic) bond motifs is 1. The van der Waals surface area contributed by atoms with Crippen LogP contribution in [0.2, 0.25) is 0 Å². The zero-order chi connectivity index (χ0) is 20.0. The maximum absolute atomic E-state index is 9.99. The number of furan rings is 1. The Bertz CT molecular complexity index is 1040. The third-order valence-corrected chi connectivity index (χ3v) is 6.31. The van der Waals surface area contributed by atoms with Crippen molar-refractivity contribution in [3.05, 3.63) is 41.9 Å². The van der Waals surface area contributed by atoms with Crippen LogP contribution in [0.5, 0.6) is 0 Å². The van der Waals surface area contributed by atoms with Crippen molar-refractivity contribution in [2.24, 2.45) is 5.41 Å². The van der Waals surface area contributed by atoms with Gasteiger partial charge in [0.25, 0.3) is 0 Å². The number of ether oxygens (including phenoxy) is 1. The lowest BCUT2D eigenvalue weighted by molar-refractivity contribution is -0.0597. The van der Waals surface area contributed by atoms with Crippen LogP contribution in [0.15, 0.2) is 34.9 Å². The lowest BCUT2D eigenvalue weighted by Gasteiger charge is -2.39. The van der Waals surface area contributed by atoms with Crippen LogP contribution in [0.25, 0.3) is 22.2 Å². The van der Waals surface area contributed by atoms with Gasteiger partial charge in [-0.25, -0.2) is 9.97 Å². The number of hydrogen-bond donors (Lipinski definition) is 2.